The molecule has 0 bridgehead atoms. The van der Waals surface area contributed by atoms with Crippen molar-refractivity contribution in [2.45, 2.75) is 33.1 Å². The van der Waals surface area contributed by atoms with Crippen molar-refractivity contribution in [3.63, 3.8) is 0 Å². The van der Waals surface area contributed by atoms with Crippen molar-refractivity contribution in [3.05, 3.63) is 23.8 Å². The number of hydrogen-bond donors (Lipinski definition) is 0. The van der Waals surface area contributed by atoms with Crippen LogP contribution < -0.4 is 0 Å². The van der Waals surface area contributed by atoms with Crippen LogP contribution in [0.1, 0.15) is 32.4 Å². The van der Waals surface area contributed by atoms with Gasteiger partial charge in [0, 0.05) is 11.5 Å². The van der Waals surface area contributed by atoms with Gasteiger partial charge in [-0.3, -0.25) is 0 Å². The Bertz CT molecular complexity index is 466. The topological polar surface area (TPSA) is 38.9 Å². The highest BCUT2D eigenvalue weighted by Crippen LogP contribution is 2.27. The molecule has 2 aromatic rings. The Kier molecular flexibility index (Phi) is 1.84. The van der Waals surface area contributed by atoms with E-state index in [9.17, 15) is 0 Å². The molecule has 0 amide bonds. The first kappa shape index (κ1) is 9.19. The first-order valence-corrected chi connectivity index (χ1v) is 4.70. The largest absolute Gasteiger partial charge is 0.457 e. The SMILES string of the molecule is Cc1ncc2oc(C(C)(C)C)cc2n1. The summed E-state index contributed by atoms with van der Waals surface area (Å²) in [6.45, 7) is 8.23. The molecule has 74 valence electrons. The van der Waals surface area contributed by atoms with Crippen molar-refractivity contribution in [2.75, 3.05) is 0 Å². The molecule has 3 heteroatoms. The summed E-state index contributed by atoms with van der Waals surface area (Å²) in [6.07, 6.45) is 1.73. The third kappa shape index (κ3) is 1.50. The van der Waals surface area contributed by atoms with Gasteiger partial charge in [0.15, 0.2) is 5.58 Å². The van der Waals surface area contributed by atoms with Crippen LogP contribution >= 0.6 is 0 Å². The highest BCUT2D eigenvalue weighted by Gasteiger charge is 2.19. The van der Waals surface area contributed by atoms with E-state index in [-0.39, 0.29) is 5.41 Å². The summed E-state index contributed by atoms with van der Waals surface area (Å²) in [4.78, 5) is 8.40. The van der Waals surface area contributed by atoms with Gasteiger partial charge in [0.1, 0.15) is 17.1 Å². The minimum absolute atomic E-state index is 0.0224. The second-order valence-electron chi connectivity index (χ2n) is 4.53. The first-order chi connectivity index (χ1) is 6.47. The van der Waals surface area contributed by atoms with Crippen LogP contribution in [0.4, 0.5) is 0 Å². The molecule has 0 radical (unpaired) electrons. The van der Waals surface area contributed by atoms with Gasteiger partial charge in [-0.2, -0.15) is 0 Å². The third-order valence-corrected chi connectivity index (χ3v) is 2.13. The normalized spacial score (nSPS) is 12.3. The van der Waals surface area contributed by atoms with Gasteiger partial charge < -0.3 is 4.42 Å². The van der Waals surface area contributed by atoms with Crippen LogP contribution in [0.5, 0.6) is 0 Å². The Morgan fingerprint density at radius 3 is 2.64 bits per heavy atom. The number of nitrogens with zero attached hydrogens (tertiary/aromatic N) is 2. The molecule has 0 aliphatic carbocycles. The van der Waals surface area contributed by atoms with Crippen LogP contribution in [0.2, 0.25) is 0 Å². The first-order valence-electron chi connectivity index (χ1n) is 4.70. The Morgan fingerprint density at radius 1 is 1.29 bits per heavy atom. The van der Waals surface area contributed by atoms with Crippen molar-refractivity contribution in [3.8, 4) is 0 Å². The zero-order chi connectivity index (χ0) is 10.3. The van der Waals surface area contributed by atoms with E-state index in [1.165, 1.54) is 0 Å². The van der Waals surface area contributed by atoms with E-state index in [4.69, 9.17) is 4.42 Å². The molecule has 2 rings (SSSR count). The summed E-state index contributed by atoms with van der Waals surface area (Å²) in [7, 11) is 0. The summed E-state index contributed by atoms with van der Waals surface area (Å²) in [6, 6.07) is 1.99. The molecule has 2 heterocycles. The summed E-state index contributed by atoms with van der Waals surface area (Å²) < 4.78 is 5.66. The lowest BCUT2D eigenvalue weighted by Gasteiger charge is -2.13. The third-order valence-electron chi connectivity index (χ3n) is 2.13. The van der Waals surface area contributed by atoms with Crippen LogP contribution in [0.15, 0.2) is 16.7 Å². The predicted molar refractivity (Wildman–Crippen MR) is 55.2 cm³/mol. The van der Waals surface area contributed by atoms with Crippen molar-refractivity contribution in [1.29, 1.82) is 0 Å². The summed E-state index contributed by atoms with van der Waals surface area (Å²) >= 11 is 0. The molecule has 0 aliphatic rings. The van der Waals surface area contributed by atoms with E-state index in [0.29, 0.717) is 0 Å². The Hall–Kier alpha value is -1.38. The molecule has 0 fully saturated rings. The maximum Gasteiger partial charge on any atom is 0.171 e. The number of rotatable bonds is 0. The van der Waals surface area contributed by atoms with E-state index in [0.717, 1.165) is 22.7 Å². The standard InChI is InChI=1S/C11H14N2O/c1-7-12-6-9-8(13-7)5-10(14-9)11(2,3)4/h5-6H,1-4H3. The zero-order valence-corrected chi connectivity index (χ0v) is 8.96. The van der Waals surface area contributed by atoms with Crippen LogP contribution in [0.3, 0.4) is 0 Å². The van der Waals surface area contributed by atoms with Gasteiger partial charge in [0.05, 0.1) is 6.20 Å². The van der Waals surface area contributed by atoms with Gasteiger partial charge in [-0.1, -0.05) is 20.8 Å². The molecule has 14 heavy (non-hydrogen) atoms. The molecule has 2 aromatic heterocycles. The molecule has 3 nitrogen and oxygen atoms in total. The quantitative estimate of drug-likeness (QED) is 0.641. The van der Waals surface area contributed by atoms with Crippen LogP contribution in [0, 0.1) is 6.92 Å². The summed E-state index contributed by atoms with van der Waals surface area (Å²) in [5.41, 5.74) is 1.68. The molecule has 0 unspecified atom stereocenters. The minimum Gasteiger partial charge on any atom is -0.457 e. The number of fused-ring (bicyclic) bond motifs is 1. The maximum atomic E-state index is 5.66. The van der Waals surface area contributed by atoms with Gasteiger partial charge in [-0.25, -0.2) is 9.97 Å². The van der Waals surface area contributed by atoms with Gasteiger partial charge in [-0.15, -0.1) is 0 Å². The van der Waals surface area contributed by atoms with E-state index < -0.39 is 0 Å². The summed E-state index contributed by atoms with van der Waals surface area (Å²) in [5.74, 6) is 1.73. The number of furan rings is 1. The van der Waals surface area contributed by atoms with Gasteiger partial charge in [-0.05, 0) is 6.92 Å². The predicted octanol–water partition coefficient (Wildman–Crippen LogP) is 2.83. The molecular weight excluding hydrogens is 176 g/mol. The molecule has 0 aliphatic heterocycles. The molecule has 0 saturated carbocycles. The lowest BCUT2D eigenvalue weighted by atomic mass is 9.93. The van der Waals surface area contributed by atoms with Crippen LogP contribution in [-0.4, -0.2) is 9.97 Å². The second kappa shape index (κ2) is 2.80. The molecule has 0 N–H and O–H groups in total. The fourth-order valence-electron chi connectivity index (χ4n) is 1.30. The Balaban J connectivity index is 2.63. The van der Waals surface area contributed by atoms with E-state index in [1.807, 2.05) is 13.0 Å². The zero-order valence-electron chi connectivity index (χ0n) is 8.96. The van der Waals surface area contributed by atoms with Crippen molar-refractivity contribution < 1.29 is 4.42 Å². The molecule has 0 saturated heterocycles. The molecule has 0 spiro atoms. The Morgan fingerprint density at radius 2 is 2.00 bits per heavy atom. The average molecular weight is 190 g/mol. The minimum atomic E-state index is 0.0224. The summed E-state index contributed by atoms with van der Waals surface area (Å²) in [5, 5.41) is 0. The highest BCUT2D eigenvalue weighted by molar-refractivity contribution is 5.72. The average Bonchev–Trinajstić information content (AvgIpc) is 2.45. The van der Waals surface area contributed by atoms with Crippen molar-refractivity contribution in [1.82, 2.24) is 9.97 Å². The lowest BCUT2D eigenvalue weighted by molar-refractivity contribution is 0.429. The van der Waals surface area contributed by atoms with Gasteiger partial charge in [0.25, 0.3) is 0 Å². The fraction of sp³-hybridized carbons (Fsp3) is 0.455. The molecular formula is C11H14N2O. The van der Waals surface area contributed by atoms with E-state index >= 15 is 0 Å². The highest BCUT2D eigenvalue weighted by atomic mass is 16.3. The Labute approximate surface area is 83.2 Å². The smallest absolute Gasteiger partial charge is 0.171 e. The number of hydrogen-bond acceptors (Lipinski definition) is 3. The monoisotopic (exact) mass is 190 g/mol. The van der Waals surface area contributed by atoms with Gasteiger partial charge >= 0.3 is 0 Å². The van der Waals surface area contributed by atoms with Gasteiger partial charge in [0.2, 0.25) is 0 Å². The van der Waals surface area contributed by atoms with E-state index in [2.05, 4.69) is 30.7 Å². The van der Waals surface area contributed by atoms with Crippen molar-refractivity contribution in [2.24, 2.45) is 0 Å². The molecule has 0 atom stereocenters. The van der Waals surface area contributed by atoms with E-state index in [1.54, 1.807) is 6.20 Å². The second-order valence-corrected chi connectivity index (χ2v) is 4.53. The maximum absolute atomic E-state index is 5.66. The fourth-order valence-corrected chi connectivity index (χ4v) is 1.30. The molecule has 0 aromatic carbocycles. The number of aromatic nitrogens is 2. The number of aryl methyl sites for hydroxylation is 1. The lowest BCUT2D eigenvalue weighted by Crippen LogP contribution is -2.08. The van der Waals surface area contributed by atoms with Crippen LogP contribution in [-0.2, 0) is 5.41 Å². The van der Waals surface area contributed by atoms with Crippen molar-refractivity contribution >= 4 is 11.1 Å². The van der Waals surface area contributed by atoms with Crippen LogP contribution in [0.25, 0.3) is 11.1 Å².